The minimum absolute atomic E-state index is 1.12. The molecule has 0 atom stereocenters. The Morgan fingerprint density at radius 3 is 0.742 bits per heavy atom. The number of rotatable bonds is 8. The molecular formula is C61H47N3Si2. The molecule has 0 spiro atoms. The quantitative estimate of drug-likeness (QED) is 0.141. The maximum absolute atomic E-state index is 2.67. The molecule has 0 radical (unpaired) electrons. The van der Waals surface area contributed by atoms with Gasteiger partial charge < -0.3 is 14.7 Å². The Balaban J connectivity index is 0.903. The number of nitrogens with zero attached hydrogens (tertiary/aromatic N) is 3. The Labute approximate surface area is 389 Å². The normalized spacial score (nSPS) is 14.0. The fourth-order valence-electron chi connectivity index (χ4n) is 11.2. The lowest BCUT2D eigenvalue weighted by atomic mass is 10.1. The standard InChI is InChI=1S/C61H47N3Si2/c1-62(46-38-42-48(43-39-46)63-54-30-14-18-34-58(54)65(50-22-6-2-7-23-50,51-24-8-3-9-25-51)59-35-19-15-31-55(59)63)47-40-44-49(45-41-47)64-56-32-16-20-36-60(56)66(52-26-10-4-11-27-52,53-28-12-5-13-29-53)61-37-21-17-33-57(61)64/h2-45H,1H3. The zero-order chi connectivity index (χ0) is 44.1. The van der Waals surface area contributed by atoms with Crippen LogP contribution in [0.3, 0.4) is 0 Å². The molecule has 2 aliphatic heterocycles. The maximum Gasteiger partial charge on any atom is 0.184 e. The van der Waals surface area contributed by atoms with Gasteiger partial charge in [0.25, 0.3) is 0 Å². The molecule has 0 aromatic heterocycles. The van der Waals surface area contributed by atoms with E-state index >= 15 is 0 Å². The van der Waals surface area contributed by atoms with Crippen molar-refractivity contribution in [3.8, 4) is 0 Å². The zero-order valence-corrected chi connectivity index (χ0v) is 38.7. The molecule has 0 aliphatic carbocycles. The second-order valence-electron chi connectivity index (χ2n) is 17.3. The summed E-state index contributed by atoms with van der Waals surface area (Å²) in [6.07, 6.45) is 0. The van der Waals surface area contributed by atoms with Crippen molar-refractivity contribution in [1.29, 1.82) is 0 Å². The topological polar surface area (TPSA) is 9.72 Å². The van der Waals surface area contributed by atoms with Gasteiger partial charge in [-0.25, -0.2) is 0 Å². The molecule has 66 heavy (non-hydrogen) atoms. The average Bonchev–Trinajstić information content (AvgIpc) is 3.40. The number of fused-ring (bicyclic) bond motifs is 4. The van der Waals surface area contributed by atoms with E-state index in [9.17, 15) is 0 Å². The van der Waals surface area contributed by atoms with Crippen LogP contribution in [0.1, 0.15) is 0 Å². The van der Waals surface area contributed by atoms with Crippen molar-refractivity contribution < 1.29 is 0 Å². The summed E-state index contributed by atoms with van der Waals surface area (Å²) in [5.74, 6) is 0. The van der Waals surface area contributed by atoms with Crippen LogP contribution < -0.4 is 56.2 Å². The van der Waals surface area contributed by atoms with Crippen LogP contribution in [0, 0.1) is 0 Å². The van der Waals surface area contributed by atoms with E-state index in [1.165, 1.54) is 64.2 Å². The van der Waals surface area contributed by atoms with Gasteiger partial charge in [0.15, 0.2) is 16.1 Å². The molecule has 0 N–H and O–H groups in total. The van der Waals surface area contributed by atoms with Crippen LogP contribution in [0.2, 0.25) is 0 Å². The highest BCUT2D eigenvalue weighted by Gasteiger charge is 2.50. The maximum atomic E-state index is 2.47. The van der Waals surface area contributed by atoms with E-state index in [2.05, 4.69) is 289 Å². The van der Waals surface area contributed by atoms with E-state index in [1.54, 1.807) is 0 Å². The van der Waals surface area contributed by atoms with Crippen LogP contribution in [-0.2, 0) is 0 Å². The third-order valence-corrected chi connectivity index (χ3v) is 23.7. The molecule has 0 fully saturated rings. The summed E-state index contributed by atoms with van der Waals surface area (Å²) in [6.45, 7) is 0. The average molecular weight is 878 g/mol. The van der Waals surface area contributed by atoms with E-state index in [-0.39, 0.29) is 0 Å². The fourth-order valence-corrected chi connectivity index (χ4v) is 21.4. The molecule has 5 heteroatoms. The van der Waals surface area contributed by atoms with E-state index in [0.717, 1.165) is 22.7 Å². The molecule has 3 nitrogen and oxygen atoms in total. The van der Waals surface area contributed by atoms with Crippen LogP contribution in [0.4, 0.5) is 45.5 Å². The minimum Gasteiger partial charge on any atom is -0.345 e. The molecule has 314 valence electrons. The highest BCUT2D eigenvalue weighted by atomic mass is 28.3. The van der Waals surface area contributed by atoms with Gasteiger partial charge in [0.1, 0.15) is 0 Å². The van der Waals surface area contributed by atoms with Gasteiger partial charge in [-0.15, -0.1) is 0 Å². The van der Waals surface area contributed by atoms with Crippen LogP contribution in [0.15, 0.2) is 267 Å². The van der Waals surface area contributed by atoms with E-state index in [1.807, 2.05) is 0 Å². The second-order valence-corrected chi connectivity index (χ2v) is 24.8. The smallest absolute Gasteiger partial charge is 0.184 e. The lowest BCUT2D eigenvalue weighted by molar-refractivity contribution is 1.20. The van der Waals surface area contributed by atoms with E-state index in [4.69, 9.17) is 0 Å². The highest BCUT2D eigenvalue weighted by Crippen LogP contribution is 2.41. The molecule has 0 saturated carbocycles. The predicted octanol–water partition coefficient (Wildman–Crippen LogP) is 9.78. The van der Waals surface area contributed by atoms with Gasteiger partial charge in [-0.1, -0.05) is 194 Å². The summed E-state index contributed by atoms with van der Waals surface area (Å²) in [6, 6.07) is 99.4. The van der Waals surface area contributed by atoms with Crippen molar-refractivity contribution in [3.05, 3.63) is 267 Å². The number of para-hydroxylation sites is 4. The van der Waals surface area contributed by atoms with Crippen molar-refractivity contribution in [1.82, 2.24) is 0 Å². The largest absolute Gasteiger partial charge is 0.345 e. The van der Waals surface area contributed by atoms with Gasteiger partial charge in [0, 0.05) is 52.5 Å². The number of benzene rings is 10. The molecule has 0 saturated heterocycles. The first-order chi connectivity index (χ1) is 32.7. The van der Waals surface area contributed by atoms with Crippen LogP contribution in [0.25, 0.3) is 0 Å². The summed E-state index contributed by atoms with van der Waals surface area (Å²) in [7, 11) is -3.17. The predicted molar refractivity (Wildman–Crippen MR) is 285 cm³/mol. The van der Waals surface area contributed by atoms with Crippen LogP contribution in [-0.4, -0.2) is 23.2 Å². The molecule has 12 rings (SSSR count). The third-order valence-electron chi connectivity index (χ3n) is 14.0. The fraction of sp³-hybridized carbons (Fsp3) is 0.0164. The third kappa shape index (κ3) is 6.01. The Bertz CT molecular complexity index is 2920. The summed E-state index contributed by atoms with van der Waals surface area (Å²) in [4.78, 5) is 7.23. The Hall–Kier alpha value is -7.97. The molecule has 2 aliphatic rings. The molecule has 10 aromatic rings. The van der Waals surface area contributed by atoms with Gasteiger partial charge in [-0.2, -0.15) is 0 Å². The van der Waals surface area contributed by atoms with Crippen molar-refractivity contribution in [3.63, 3.8) is 0 Å². The molecule has 0 unspecified atom stereocenters. The first-order valence-electron chi connectivity index (χ1n) is 22.8. The SMILES string of the molecule is CN(c1ccc(N2c3ccccc3[Si](c3ccccc3)(c3ccccc3)c3ccccc32)cc1)c1ccc(N2c3ccccc3[Si](c3ccccc3)(c3ccccc3)c3ccccc32)cc1. The number of anilines is 8. The van der Waals surface area contributed by atoms with Gasteiger partial charge in [0.05, 0.1) is 0 Å². The molecule has 10 aromatic carbocycles. The first-order valence-corrected chi connectivity index (χ1v) is 26.8. The second kappa shape index (κ2) is 16.2. The van der Waals surface area contributed by atoms with Gasteiger partial charge in [-0.05, 0) is 114 Å². The first kappa shape index (κ1) is 39.6. The molecule has 0 amide bonds. The van der Waals surface area contributed by atoms with Gasteiger partial charge in [0.2, 0.25) is 0 Å². The van der Waals surface area contributed by atoms with Crippen molar-refractivity contribution in [2.75, 3.05) is 21.7 Å². The lowest BCUT2D eigenvalue weighted by Crippen LogP contribution is -2.77. The van der Waals surface area contributed by atoms with Gasteiger partial charge >= 0.3 is 0 Å². The summed E-state index contributed by atoms with van der Waals surface area (Å²) in [5, 5.41) is 11.2. The van der Waals surface area contributed by atoms with Crippen molar-refractivity contribution in [2.24, 2.45) is 0 Å². The summed E-state index contributed by atoms with van der Waals surface area (Å²) in [5.41, 5.74) is 9.47. The Morgan fingerprint density at radius 2 is 0.485 bits per heavy atom. The van der Waals surface area contributed by atoms with E-state index in [0.29, 0.717) is 0 Å². The minimum atomic E-state index is -2.67. The molecular weight excluding hydrogens is 831 g/mol. The summed E-state index contributed by atoms with van der Waals surface area (Å²) >= 11 is 0. The highest BCUT2D eigenvalue weighted by molar-refractivity contribution is 7.22. The Morgan fingerprint density at radius 1 is 0.258 bits per heavy atom. The van der Waals surface area contributed by atoms with E-state index < -0.39 is 16.1 Å². The summed E-state index contributed by atoms with van der Waals surface area (Å²) < 4.78 is 0. The Kier molecular flexibility index (Phi) is 9.74. The zero-order valence-electron chi connectivity index (χ0n) is 36.7. The van der Waals surface area contributed by atoms with Crippen molar-refractivity contribution >= 4 is 103 Å². The lowest BCUT2D eigenvalue weighted by Gasteiger charge is -2.45. The van der Waals surface area contributed by atoms with Crippen molar-refractivity contribution in [2.45, 2.75) is 0 Å². The van der Waals surface area contributed by atoms with Crippen LogP contribution >= 0.6 is 0 Å². The number of hydrogen-bond donors (Lipinski definition) is 0. The number of hydrogen-bond acceptors (Lipinski definition) is 3. The molecule has 0 bridgehead atoms. The van der Waals surface area contributed by atoms with Crippen LogP contribution in [0.5, 0.6) is 0 Å². The molecule has 2 heterocycles. The monoisotopic (exact) mass is 877 g/mol. The van der Waals surface area contributed by atoms with Gasteiger partial charge in [-0.3, -0.25) is 0 Å².